The fraction of sp³-hybridized carbons (Fsp3) is 0.667. The number of aromatic hydroxyl groups is 2. The van der Waals surface area contributed by atoms with Crippen LogP contribution >= 0.6 is 0 Å². The molecule has 0 aliphatic carbocycles. The molecule has 52 heavy (non-hydrogen) atoms. The van der Waals surface area contributed by atoms with Crippen molar-refractivity contribution in [1.82, 2.24) is 0 Å². The molecule has 10 nitrogen and oxygen atoms in total. The molecule has 2 aliphatic heterocycles. The summed E-state index contributed by atoms with van der Waals surface area (Å²) < 4.78 is 36.0. The molecule has 2 fully saturated rings. The van der Waals surface area contributed by atoms with Gasteiger partial charge in [-0.1, -0.05) is 93.5 Å². The van der Waals surface area contributed by atoms with Crippen molar-refractivity contribution >= 4 is 11.9 Å². The van der Waals surface area contributed by atoms with E-state index in [9.17, 15) is 19.8 Å². The molecule has 1 spiro atoms. The van der Waals surface area contributed by atoms with E-state index in [4.69, 9.17) is 28.4 Å². The first kappa shape index (κ1) is 41.6. The van der Waals surface area contributed by atoms with Crippen LogP contribution < -0.4 is 0 Å². The van der Waals surface area contributed by atoms with Crippen LogP contribution in [0.1, 0.15) is 110 Å². The van der Waals surface area contributed by atoms with E-state index in [0.717, 1.165) is 27.8 Å². The normalized spacial score (nSPS) is 21.6. The second-order valence-electron chi connectivity index (χ2n) is 18.4. The number of hydrogen-bond acceptors (Lipinski definition) is 10. The largest absolute Gasteiger partial charge is 0.508 e. The molecule has 2 N–H and O–H groups in total. The molecular weight excluding hydrogens is 664 g/mol. The number of benzene rings is 2. The molecule has 2 aromatic carbocycles. The molecule has 2 aromatic rings. The molecule has 0 unspecified atom stereocenters. The van der Waals surface area contributed by atoms with Gasteiger partial charge in [0, 0.05) is 23.7 Å². The SMILES string of the molecule is Cc1cc(CCC(=O)OCC(C)(C)C2OCC3(COC(C(C)(C)COC(=O)CCc4ccc(O)c(C(C)(C)C)c4)OC3)CO2)cc(C(C)(C)C)c1O. The van der Waals surface area contributed by atoms with Gasteiger partial charge in [-0.15, -0.1) is 0 Å². The first-order chi connectivity index (χ1) is 24.0. The third-order valence-corrected chi connectivity index (χ3v) is 9.92. The van der Waals surface area contributed by atoms with Crippen LogP contribution in [0.5, 0.6) is 11.5 Å². The summed E-state index contributed by atoms with van der Waals surface area (Å²) in [6, 6.07) is 9.36. The Hall–Kier alpha value is -3.18. The summed E-state index contributed by atoms with van der Waals surface area (Å²) in [6.07, 6.45) is 0.335. The average molecular weight is 727 g/mol. The lowest BCUT2D eigenvalue weighted by atomic mass is 9.83. The van der Waals surface area contributed by atoms with Crippen LogP contribution in [0.3, 0.4) is 0 Å². The van der Waals surface area contributed by atoms with Crippen molar-refractivity contribution in [2.45, 2.75) is 125 Å². The molecule has 0 aromatic heterocycles. The number of phenols is 2. The van der Waals surface area contributed by atoms with Crippen LogP contribution in [0.25, 0.3) is 0 Å². The van der Waals surface area contributed by atoms with Crippen molar-refractivity contribution in [3.63, 3.8) is 0 Å². The Morgan fingerprint density at radius 1 is 0.673 bits per heavy atom. The number of ether oxygens (including phenoxy) is 6. The zero-order valence-electron chi connectivity index (χ0n) is 33.3. The van der Waals surface area contributed by atoms with E-state index in [1.807, 2.05) is 79.7 Å². The molecule has 0 amide bonds. The van der Waals surface area contributed by atoms with E-state index in [0.29, 0.717) is 45.0 Å². The van der Waals surface area contributed by atoms with Crippen LogP contribution in [0, 0.1) is 23.2 Å². The fourth-order valence-electron chi connectivity index (χ4n) is 6.47. The Bertz CT molecular complexity index is 1540. The third-order valence-electron chi connectivity index (χ3n) is 9.92. The van der Waals surface area contributed by atoms with Gasteiger partial charge in [0.2, 0.25) is 0 Å². The highest BCUT2D eigenvalue weighted by atomic mass is 16.7. The molecule has 0 bridgehead atoms. The monoisotopic (exact) mass is 726 g/mol. The second kappa shape index (κ2) is 16.0. The van der Waals surface area contributed by atoms with Gasteiger partial charge in [-0.05, 0) is 64.5 Å². The highest BCUT2D eigenvalue weighted by Crippen LogP contribution is 2.39. The number of carbonyl (C=O) groups excluding carboxylic acids is 2. The van der Waals surface area contributed by atoms with Crippen molar-refractivity contribution in [3.8, 4) is 11.5 Å². The lowest BCUT2D eigenvalue weighted by Crippen LogP contribution is -2.57. The lowest BCUT2D eigenvalue weighted by Gasteiger charge is -2.48. The molecule has 4 rings (SSSR count). The van der Waals surface area contributed by atoms with Crippen molar-refractivity contribution in [2.24, 2.45) is 16.2 Å². The minimum absolute atomic E-state index is 0.139. The summed E-state index contributed by atoms with van der Waals surface area (Å²) in [5.41, 5.74) is 2.39. The average Bonchev–Trinajstić information content (AvgIpc) is 3.06. The number of phenolic OH excluding ortho intramolecular Hbond substituents is 2. The van der Waals surface area contributed by atoms with Crippen LogP contribution in [-0.4, -0.2) is 74.4 Å². The zero-order valence-corrected chi connectivity index (χ0v) is 33.3. The molecule has 2 saturated heterocycles. The topological polar surface area (TPSA) is 130 Å². The number of esters is 2. The van der Waals surface area contributed by atoms with Gasteiger partial charge in [0.25, 0.3) is 0 Å². The standard InChI is InChI=1S/C42H62O10/c1-27-18-29(20-31(35(27)46)39(5,6)7)14-17-34(45)48-22-41(10,11)37-51-25-42(26-52-37)23-49-36(50-24-42)40(8,9)21-47-33(44)16-13-28-12-15-32(43)30(19-28)38(2,3)4/h12,15,18-20,36-37,43,46H,13-14,16-17,21-26H2,1-11H3. The van der Waals surface area contributed by atoms with E-state index < -0.39 is 28.8 Å². The van der Waals surface area contributed by atoms with Gasteiger partial charge in [0.1, 0.15) is 24.7 Å². The number of hydrogen-bond donors (Lipinski definition) is 2. The van der Waals surface area contributed by atoms with Gasteiger partial charge in [0.05, 0.1) is 31.8 Å². The van der Waals surface area contributed by atoms with Crippen molar-refractivity contribution < 1.29 is 48.2 Å². The lowest BCUT2D eigenvalue weighted by molar-refractivity contribution is -0.337. The maximum Gasteiger partial charge on any atom is 0.306 e. The summed E-state index contributed by atoms with van der Waals surface area (Å²) in [5.74, 6) is -0.0468. The fourth-order valence-corrected chi connectivity index (χ4v) is 6.47. The molecule has 0 saturated carbocycles. The maximum atomic E-state index is 12.7. The molecule has 0 atom stereocenters. The molecule has 0 radical (unpaired) electrons. The minimum atomic E-state index is -0.590. The Morgan fingerprint density at radius 2 is 1.10 bits per heavy atom. The van der Waals surface area contributed by atoms with Gasteiger partial charge in [-0.3, -0.25) is 9.59 Å². The number of aryl methyl sites for hydroxylation is 3. The first-order valence-electron chi connectivity index (χ1n) is 18.4. The highest BCUT2D eigenvalue weighted by Gasteiger charge is 2.48. The van der Waals surface area contributed by atoms with Crippen LogP contribution in [0.15, 0.2) is 30.3 Å². The molecule has 2 aliphatic rings. The maximum absolute atomic E-state index is 12.7. The van der Waals surface area contributed by atoms with E-state index in [1.165, 1.54) is 0 Å². The molecule has 10 heteroatoms. The Labute approximate surface area is 310 Å². The van der Waals surface area contributed by atoms with Crippen LogP contribution in [0.2, 0.25) is 0 Å². The van der Waals surface area contributed by atoms with Crippen LogP contribution in [-0.2, 0) is 61.7 Å². The van der Waals surface area contributed by atoms with Crippen LogP contribution in [0.4, 0.5) is 0 Å². The first-order valence-corrected chi connectivity index (χ1v) is 18.4. The number of rotatable bonds is 12. The van der Waals surface area contributed by atoms with Gasteiger partial charge in [0.15, 0.2) is 12.6 Å². The molecule has 2 heterocycles. The van der Waals surface area contributed by atoms with Gasteiger partial charge < -0.3 is 38.6 Å². The summed E-state index contributed by atoms with van der Waals surface area (Å²) in [5, 5.41) is 20.7. The smallest absolute Gasteiger partial charge is 0.306 e. The Kier molecular flexibility index (Phi) is 12.8. The van der Waals surface area contributed by atoms with E-state index in [-0.39, 0.29) is 54.6 Å². The Balaban J connectivity index is 1.18. The van der Waals surface area contributed by atoms with Gasteiger partial charge in [-0.25, -0.2) is 0 Å². The quantitative estimate of drug-likeness (QED) is 0.213. The van der Waals surface area contributed by atoms with Crippen molar-refractivity contribution in [2.75, 3.05) is 39.6 Å². The second-order valence-corrected chi connectivity index (χ2v) is 18.4. The van der Waals surface area contributed by atoms with E-state index in [1.54, 1.807) is 6.07 Å². The van der Waals surface area contributed by atoms with E-state index >= 15 is 0 Å². The summed E-state index contributed by atoms with van der Waals surface area (Å²) in [6.45, 7) is 23.7. The number of carbonyl (C=O) groups is 2. The predicted octanol–water partition coefficient (Wildman–Crippen LogP) is 7.44. The highest BCUT2D eigenvalue weighted by molar-refractivity contribution is 5.70. The summed E-state index contributed by atoms with van der Waals surface area (Å²) in [7, 11) is 0. The van der Waals surface area contributed by atoms with Gasteiger partial charge in [-0.2, -0.15) is 0 Å². The van der Waals surface area contributed by atoms with Crippen molar-refractivity contribution in [3.05, 3.63) is 58.1 Å². The molecule has 290 valence electrons. The third kappa shape index (κ3) is 10.7. The predicted molar refractivity (Wildman–Crippen MR) is 198 cm³/mol. The van der Waals surface area contributed by atoms with E-state index in [2.05, 4.69) is 20.8 Å². The van der Waals surface area contributed by atoms with Gasteiger partial charge >= 0.3 is 11.9 Å². The summed E-state index contributed by atoms with van der Waals surface area (Å²) >= 11 is 0. The molecular formula is C42H62O10. The summed E-state index contributed by atoms with van der Waals surface area (Å²) in [4.78, 5) is 25.4. The zero-order chi connectivity index (χ0) is 38.7. The Morgan fingerprint density at radius 3 is 1.54 bits per heavy atom. The van der Waals surface area contributed by atoms with Crippen molar-refractivity contribution in [1.29, 1.82) is 0 Å². The minimum Gasteiger partial charge on any atom is -0.508 e.